The molecule has 2 atom stereocenters. The van der Waals surface area contributed by atoms with Crippen molar-refractivity contribution in [1.29, 1.82) is 0 Å². The summed E-state index contributed by atoms with van der Waals surface area (Å²) in [4.78, 5) is 34.5. The minimum atomic E-state index is 0.128. The van der Waals surface area contributed by atoms with E-state index in [1.54, 1.807) is 6.20 Å². The van der Waals surface area contributed by atoms with Crippen molar-refractivity contribution >= 4 is 11.8 Å². The van der Waals surface area contributed by atoms with E-state index in [9.17, 15) is 9.59 Å². The van der Waals surface area contributed by atoms with Gasteiger partial charge in [0, 0.05) is 49.2 Å². The zero-order valence-corrected chi connectivity index (χ0v) is 17.9. The van der Waals surface area contributed by atoms with Crippen LogP contribution in [0, 0.1) is 19.8 Å². The number of likely N-dealkylation sites (tertiary alicyclic amines) is 2. The molecule has 2 aliphatic heterocycles. The molecule has 0 radical (unpaired) electrons. The Morgan fingerprint density at radius 2 is 2.00 bits per heavy atom. The van der Waals surface area contributed by atoms with Crippen LogP contribution >= 0.6 is 0 Å². The van der Waals surface area contributed by atoms with E-state index in [0.29, 0.717) is 36.9 Å². The van der Waals surface area contributed by atoms with Crippen LogP contribution in [0.5, 0.6) is 0 Å². The highest BCUT2D eigenvalue weighted by atomic mass is 16.2. The van der Waals surface area contributed by atoms with E-state index in [1.807, 2.05) is 36.1 Å². The van der Waals surface area contributed by atoms with Gasteiger partial charge in [0.2, 0.25) is 5.91 Å². The van der Waals surface area contributed by atoms with Gasteiger partial charge in [-0.05, 0) is 63.6 Å². The molecule has 5 rings (SSSR count). The number of hydrogen-bond donors (Lipinski definition) is 0. The number of hydrogen-bond acceptors (Lipinski definition) is 3. The first-order chi connectivity index (χ1) is 14.5. The number of carbonyl (C=O) groups is 2. The summed E-state index contributed by atoms with van der Waals surface area (Å²) in [5.41, 5.74) is 3.88. The summed E-state index contributed by atoms with van der Waals surface area (Å²) < 4.78 is 2.18. The van der Waals surface area contributed by atoms with Crippen molar-refractivity contribution in [2.45, 2.75) is 64.6 Å². The molecule has 0 N–H and O–H groups in total. The van der Waals surface area contributed by atoms with E-state index < -0.39 is 0 Å². The first kappa shape index (κ1) is 19.3. The molecule has 30 heavy (non-hydrogen) atoms. The standard InChI is InChI=1S/C24H30N4O2/c1-16-13-21(17(2)27(16)15-19-5-3-4-11-25-19)24(30)26-12-10-22-18(14-26)6-9-23(29)28(22)20-7-8-20/h3-5,11,13,18,20,22H,6-10,12,14-15H2,1-2H3/t18-,22+/m0/s1. The Hall–Kier alpha value is -2.63. The quantitative estimate of drug-likeness (QED) is 0.784. The molecule has 6 nitrogen and oxygen atoms in total. The molecule has 2 amide bonds. The number of rotatable bonds is 4. The number of amides is 2. The molecule has 6 heteroatoms. The summed E-state index contributed by atoms with van der Waals surface area (Å²) in [5.74, 6) is 0.873. The van der Waals surface area contributed by atoms with Gasteiger partial charge < -0.3 is 14.4 Å². The third-order valence-corrected chi connectivity index (χ3v) is 7.15. The summed E-state index contributed by atoms with van der Waals surface area (Å²) in [6, 6.07) is 8.75. The second-order valence-corrected chi connectivity index (χ2v) is 9.13. The van der Waals surface area contributed by atoms with Crippen LogP contribution in [0.4, 0.5) is 0 Å². The molecule has 0 aromatic carbocycles. The Balaban J connectivity index is 1.32. The van der Waals surface area contributed by atoms with Crippen LogP contribution in [0.1, 0.15) is 59.5 Å². The van der Waals surface area contributed by atoms with Crippen LogP contribution in [0.2, 0.25) is 0 Å². The molecule has 2 aromatic heterocycles. The van der Waals surface area contributed by atoms with Crippen molar-refractivity contribution in [3.8, 4) is 0 Å². The number of fused-ring (bicyclic) bond motifs is 1. The van der Waals surface area contributed by atoms with Gasteiger partial charge >= 0.3 is 0 Å². The van der Waals surface area contributed by atoms with Gasteiger partial charge in [0.05, 0.1) is 17.8 Å². The third-order valence-electron chi connectivity index (χ3n) is 7.15. The molecule has 0 spiro atoms. The average molecular weight is 407 g/mol. The van der Waals surface area contributed by atoms with Crippen LogP contribution in [0.15, 0.2) is 30.5 Å². The van der Waals surface area contributed by atoms with Gasteiger partial charge in [0.15, 0.2) is 0 Å². The molecule has 1 saturated carbocycles. The van der Waals surface area contributed by atoms with E-state index in [0.717, 1.165) is 61.4 Å². The second-order valence-electron chi connectivity index (χ2n) is 9.13. The lowest BCUT2D eigenvalue weighted by Crippen LogP contribution is -2.57. The number of carbonyl (C=O) groups excluding carboxylic acids is 2. The molecule has 158 valence electrons. The zero-order valence-electron chi connectivity index (χ0n) is 17.9. The lowest BCUT2D eigenvalue weighted by Gasteiger charge is -2.47. The maximum atomic E-state index is 13.4. The van der Waals surface area contributed by atoms with E-state index in [-0.39, 0.29) is 5.91 Å². The lowest BCUT2D eigenvalue weighted by molar-refractivity contribution is -0.141. The van der Waals surface area contributed by atoms with Crippen LogP contribution in [-0.4, -0.2) is 56.3 Å². The van der Waals surface area contributed by atoms with Gasteiger partial charge in [0.25, 0.3) is 5.91 Å². The number of aryl methyl sites for hydroxylation is 1. The molecule has 1 aliphatic carbocycles. The summed E-state index contributed by atoms with van der Waals surface area (Å²) >= 11 is 0. The van der Waals surface area contributed by atoms with Gasteiger partial charge in [-0.1, -0.05) is 6.07 Å². The smallest absolute Gasteiger partial charge is 0.255 e. The van der Waals surface area contributed by atoms with Crippen LogP contribution in [0.25, 0.3) is 0 Å². The molecule has 4 heterocycles. The Bertz CT molecular complexity index is 963. The number of pyridine rings is 1. The minimum Gasteiger partial charge on any atom is -0.342 e. The lowest BCUT2D eigenvalue weighted by atomic mass is 9.83. The Morgan fingerprint density at radius 3 is 2.73 bits per heavy atom. The zero-order chi connectivity index (χ0) is 20.8. The van der Waals surface area contributed by atoms with E-state index in [2.05, 4.69) is 21.4 Å². The summed E-state index contributed by atoms with van der Waals surface area (Å²) in [7, 11) is 0. The number of piperidine rings is 2. The Kier molecular flexibility index (Phi) is 4.88. The van der Waals surface area contributed by atoms with Crippen molar-refractivity contribution in [2.75, 3.05) is 13.1 Å². The number of nitrogens with zero attached hydrogens (tertiary/aromatic N) is 4. The maximum absolute atomic E-state index is 13.4. The van der Waals surface area contributed by atoms with Crippen LogP contribution in [0.3, 0.4) is 0 Å². The molecular formula is C24H30N4O2. The van der Waals surface area contributed by atoms with Crippen molar-refractivity contribution in [1.82, 2.24) is 19.4 Å². The highest BCUT2D eigenvalue weighted by molar-refractivity contribution is 5.96. The van der Waals surface area contributed by atoms with Crippen molar-refractivity contribution in [3.63, 3.8) is 0 Å². The topological polar surface area (TPSA) is 58.4 Å². The number of aromatic nitrogens is 2. The van der Waals surface area contributed by atoms with Gasteiger partial charge in [-0.15, -0.1) is 0 Å². The Labute approximate surface area is 177 Å². The fraction of sp³-hybridized carbons (Fsp3) is 0.542. The molecule has 2 saturated heterocycles. The van der Waals surface area contributed by atoms with Crippen molar-refractivity contribution in [2.24, 2.45) is 5.92 Å². The predicted molar refractivity (Wildman–Crippen MR) is 114 cm³/mol. The second kappa shape index (κ2) is 7.56. The van der Waals surface area contributed by atoms with Gasteiger partial charge in [-0.25, -0.2) is 0 Å². The predicted octanol–water partition coefficient (Wildman–Crippen LogP) is 3.16. The van der Waals surface area contributed by atoms with Gasteiger partial charge in [-0.3, -0.25) is 14.6 Å². The van der Waals surface area contributed by atoms with Crippen molar-refractivity contribution < 1.29 is 9.59 Å². The monoisotopic (exact) mass is 406 g/mol. The SMILES string of the molecule is Cc1cc(C(=O)N2CC[C@@H]3[C@@H](CCC(=O)N3C3CC3)C2)c(C)n1Cc1ccccn1. The van der Waals surface area contributed by atoms with E-state index >= 15 is 0 Å². The normalized spacial score (nSPS) is 24.1. The fourth-order valence-corrected chi connectivity index (χ4v) is 5.39. The molecule has 2 aromatic rings. The van der Waals surface area contributed by atoms with Gasteiger partial charge in [-0.2, -0.15) is 0 Å². The molecule has 0 unspecified atom stereocenters. The molecule has 3 fully saturated rings. The molecular weight excluding hydrogens is 376 g/mol. The molecule has 0 bridgehead atoms. The van der Waals surface area contributed by atoms with E-state index in [4.69, 9.17) is 0 Å². The minimum absolute atomic E-state index is 0.128. The Morgan fingerprint density at radius 1 is 1.17 bits per heavy atom. The first-order valence-electron chi connectivity index (χ1n) is 11.2. The van der Waals surface area contributed by atoms with Crippen LogP contribution in [-0.2, 0) is 11.3 Å². The van der Waals surface area contributed by atoms with E-state index in [1.165, 1.54) is 0 Å². The maximum Gasteiger partial charge on any atom is 0.255 e. The largest absolute Gasteiger partial charge is 0.342 e. The highest BCUT2D eigenvalue weighted by Crippen LogP contribution is 2.39. The van der Waals surface area contributed by atoms with Crippen molar-refractivity contribution in [3.05, 3.63) is 53.1 Å². The summed E-state index contributed by atoms with van der Waals surface area (Å²) in [6.07, 6.45) is 6.57. The summed E-state index contributed by atoms with van der Waals surface area (Å²) in [6.45, 7) is 6.27. The average Bonchev–Trinajstić information content (AvgIpc) is 3.56. The third kappa shape index (κ3) is 3.42. The molecule has 3 aliphatic rings. The fourth-order valence-electron chi connectivity index (χ4n) is 5.39. The highest BCUT2D eigenvalue weighted by Gasteiger charge is 2.46. The summed E-state index contributed by atoms with van der Waals surface area (Å²) in [5, 5.41) is 0. The first-order valence-corrected chi connectivity index (χ1v) is 11.2. The van der Waals surface area contributed by atoms with Gasteiger partial charge in [0.1, 0.15) is 0 Å². The van der Waals surface area contributed by atoms with Crippen LogP contribution < -0.4 is 0 Å².